The van der Waals surface area contributed by atoms with Gasteiger partial charge in [0.1, 0.15) is 0 Å². The average molecular weight is 265 g/mol. The van der Waals surface area contributed by atoms with Crippen LogP contribution in [0.3, 0.4) is 0 Å². The summed E-state index contributed by atoms with van der Waals surface area (Å²) in [6, 6.07) is 4.17. The number of likely N-dealkylation sites (tertiary alicyclic amines) is 1. The molecule has 1 aromatic heterocycles. The van der Waals surface area contributed by atoms with Crippen LogP contribution in [0.2, 0.25) is 0 Å². The smallest absolute Gasteiger partial charge is 0.152 e. The molecule has 0 aliphatic carbocycles. The van der Waals surface area contributed by atoms with Crippen LogP contribution in [0.4, 0.5) is 0 Å². The first kappa shape index (κ1) is 13.8. The molecule has 100 valence electrons. The van der Waals surface area contributed by atoms with Crippen LogP contribution in [0.15, 0.2) is 17.5 Å². The second-order valence-electron chi connectivity index (χ2n) is 5.61. The fourth-order valence-electron chi connectivity index (χ4n) is 2.63. The number of aryl methyl sites for hydroxylation is 1. The third kappa shape index (κ3) is 3.21. The maximum Gasteiger partial charge on any atom is 0.152 e. The number of thiophene rings is 1. The van der Waals surface area contributed by atoms with E-state index in [0.29, 0.717) is 12.2 Å². The van der Waals surface area contributed by atoms with Gasteiger partial charge in [0.15, 0.2) is 5.78 Å². The van der Waals surface area contributed by atoms with Crippen LogP contribution in [0.25, 0.3) is 0 Å². The first-order valence-electron chi connectivity index (χ1n) is 6.91. The van der Waals surface area contributed by atoms with Gasteiger partial charge in [-0.1, -0.05) is 12.5 Å². The monoisotopic (exact) mass is 265 g/mol. The molecule has 0 unspecified atom stereocenters. The normalized spacial score (nSPS) is 17.9. The molecule has 0 radical (unpaired) electrons. The standard InChI is InChI=1S/C15H23NOS/c1-15(2,16-10-4-3-5-11-16)14(17)9-8-13-7-6-12-18-13/h6-7,12H,3-5,8-11H2,1-2H3. The number of rotatable bonds is 5. The highest BCUT2D eigenvalue weighted by molar-refractivity contribution is 7.09. The Morgan fingerprint density at radius 1 is 1.33 bits per heavy atom. The van der Waals surface area contributed by atoms with Gasteiger partial charge in [0.2, 0.25) is 0 Å². The molecular formula is C15H23NOS. The maximum atomic E-state index is 12.4. The number of Topliss-reactive ketones (excluding diaryl/α,β-unsaturated/α-hetero) is 1. The van der Waals surface area contributed by atoms with Gasteiger partial charge in [-0.3, -0.25) is 9.69 Å². The third-order valence-electron chi connectivity index (χ3n) is 4.01. The van der Waals surface area contributed by atoms with E-state index in [2.05, 4.69) is 36.3 Å². The van der Waals surface area contributed by atoms with Crippen molar-refractivity contribution in [1.29, 1.82) is 0 Å². The molecule has 1 aliphatic rings. The number of carbonyl (C=O) groups is 1. The van der Waals surface area contributed by atoms with E-state index in [4.69, 9.17) is 0 Å². The first-order chi connectivity index (χ1) is 8.60. The van der Waals surface area contributed by atoms with E-state index in [1.54, 1.807) is 11.3 Å². The summed E-state index contributed by atoms with van der Waals surface area (Å²) in [7, 11) is 0. The van der Waals surface area contributed by atoms with Crippen LogP contribution in [0.5, 0.6) is 0 Å². The lowest BCUT2D eigenvalue weighted by Gasteiger charge is -2.39. The number of hydrogen-bond acceptors (Lipinski definition) is 3. The molecule has 18 heavy (non-hydrogen) atoms. The van der Waals surface area contributed by atoms with Crippen LogP contribution in [0.1, 0.15) is 44.4 Å². The van der Waals surface area contributed by atoms with E-state index in [0.717, 1.165) is 19.5 Å². The Morgan fingerprint density at radius 3 is 2.67 bits per heavy atom. The summed E-state index contributed by atoms with van der Waals surface area (Å²) in [5, 5.41) is 2.08. The molecule has 2 nitrogen and oxygen atoms in total. The van der Waals surface area contributed by atoms with Crippen LogP contribution in [-0.2, 0) is 11.2 Å². The van der Waals surface area contributed by atoms with Gasteiger partial charge in [-0.15, -0.1) is 11.3 Å². The van der Waals surface area contributed by atoms with Crippen LogP contribution in [0, 0.1) is 0 Å². The van der Waals surface area contributed by atoms with Crippen molar-refractivity contribution in [2.45, 2.75) is 51.5 Å². The van der Waals surface area contributed by atoms with Crippen molar-refractivity contribution >= 4 is 17.1 Å². The average Bonchev–Trinajstić information content (AvgIpc) is 2.90. The number of ketones is 1. The molecule has 3 heteroatoms. The maximum absolute atomic E-state index is 12.4. The van der Waals surface area contributed by atoms with E-state index in [-0.39, 0.29) is 5.54 Å². The van der Waals surface area contributed by atoms with Crippen molar-refractivity contribution in [3.8, 4) is 0 Å². The highest BCUT2D eigenvalue weighted by atomic mass is 32.1. The van der Waals surface area contributed by atoms with Gasteiger partial charge in [0, 0.05) is 11.3 Å². The van der Waals surface area contributed by atoms with E-state index < -0.39 is 0 Å². The van der Waals surface area contributed by atoms with Crippen molar-refractivity contribution in [3.05, 3.63) is 22.4 Å². The second kappa shape index (κ2) is 5.98. The van der Waals surface area contributed by atoms with E-state index in [9.17, 15) is 4.79 Å². The topological polar surface area (TPSA) is 20.3 Å². The summed E-state index contributed by atoms with van der Waals surface area (Å²) in [6.07, 6.45) is 5.36. The minimum Gasteiger partial charge on any atom is -0.298 e. The summed E-state index contributed by atoms with van der Waals surface area (Å²) in [4.78, 5) is 16.1. The highest BCUT2D eigenvalue weighted by Crippen LogP contribution is 2.23. The molecule has 0 N–H and O–H groups in total. The lowest BCUT2D eigenvalue weighted by atomic mass is 9.91. The van der Waals surface area contributed by atoms with Crippen LogP contribution >= 0.6 is 11.3 Å². The largest absolute Gasteiger partial charge is 0.298 e. The number of piperidine rings is 1. The lowest BCUT2D eigenvalue weighted by Crippen LogP contribution is -2.52. The van der Waals surface area contributed by atoms with E-state index in [1.165, 1.54) is 24.1 Å². The summed E-state index contributed by atoms with van der Waals surface area (Å²) in [5.74, 6) is 0.387. The Labute approximate surface area is 114 Å². The third-order valence-corrected chi connectivity index (χ3v) is 4.94. The predicted molar refractivity (Wildman–Crippen MR) is 77.2 cm³/mol. The fourth-order valence-corrected chi connectivity index (χ4v) is 3.34. The van der Waals surface area contributed by atoms with Crippen molar-refractivity contribution in [3.63, 3.8) is 0 Å². The molecule has 1 saturated heterocycles. The quantitative estimate of drug-likeness (QED) is 0.812. The second-order valence-corrected chi connectivity index (χ2v) is 6.64. The van der Waals surface area contributed by atoms with Gasteiger partial charge in [-0.25, -0.2) is 0 Å². The van der Waals surface area contributed by atoms with Gasteiger partial charge in [0.05, 0.1) is 5.54 Å². The highest BCUT2D eigenvalue weighted by Gasteiger charge is 2.34. The zero-order valence-corrected chi connectivity index (χ0v) is 12.3. The van der Waals surface area contributed by atoms with Gasteiger partial charge < -0.3 is 0 Å². The Balaban J connectivity index is 1.89. The Morgan fingerprint density at radius 2 is 2.06 bits per heavy atom. The van der Waals surface area contributed by atoms with E-state index in [1.807, 2.05) is 0 Å². The van der Waals surface area contributed by atoms with Gasteiger partial charge in [0.25, 0.3) is 0 Å². The van der Waals surface area contributed by atoms with Crippen molar-refractivity contribution in [1.82, 2.24) is 4.90 Å². The van der Waals surface area contributed by atoms with Gasteiger partial charge in [-0.2, -0.15) is 0 Å². The zero-order valence-electron chi connectivity index (χ0n) is 11.4. The molecule has 2 rings (SSSR count). The SMILES string of the molecule is CC(C)(C(=O)CCc1cccs1)N1CCCCC1. The molecule has 0 atom stereocenters. The van der Waals surface area contributed by atoms with Gasteiger partial charge in [-0.05, 0) is 57.6 Å². The molecule has 1 aromatic rings. The van der Waals surface area contributed by atoms with Crippen LogP contribution in [-0.4, -0.2) is 29.3 Å². The Bertz CT molecular complexity index is 377. The van der Waals surface area contributed by atoms with E-state index >= 15 is 0 Å². The minimum atomic E-state index is -0.280. The molecule has 0 saturated carbocycles. The molecule has 0 amide bonds. The van der Waals surface area contributed by atoms with Gasteiger partial charge >= 0.3 is 0 Å². The molecule has 2 heterocycles. The predicted octanol–water partition coefficient (Wildman–Crippen LogP) is 3.51. The fraction of sp³-hybridized carbons (Fsp3) is 0.667. The summed E-state index contributed by atoms with van der Waals surface area (Å²) >= 11 is 1.75. The summed E-state index contributed by atoms with van der Waals surface area (Å²) in [5.41, 5.74) is -0.280. The van der Waals surface area contributed by atoms with Crippen molar-refractivity contribution in [2.75, 3.05) is 13.1 Å². The summed E-state index contributed by atoms with van der Waals surface area (Å²) < 4.78 is 0. The molecule has 1 aliphatic heterocycles. The summed E-state index contributed by atoms with van der Waals surface area (Å²) in [6.45, 7) is 6.35. The molecule has 0 bridgehead atoms. The number of hydrogen-bond donors (Lipinski definition) is 0. The zero-order chi connectivity index (χ0) is 13.0. The Hall–Kier alpha value is -0.670. The van der Waals surface area contributed by atoms with Crippen molar-refractivity contribution < 1.29 is 4.79 Å². The molecule has 0 aromatic carbocycles. The van der Waals surface area contributed by atoms with Crippen LogP contribution < -0.4 is 0 Å². The Kier molecular flexibility index (Phi) is 4.57. The number of nitrogens with zero attached hydrogens (tertiary/aromatic N) is 1. The first-order valence-corrected chi connectivity index (χ1v) is 7.79. The molecular weight excluding hydrogens is 242 g/mol. The van der Waals surface area contributed by atoms with Crippen molar-refractivity contribution in [2.24, 2.45) is 0 Å². The number of carbonyl (C=O) groups excluding carboxylic acids is 1. The molecule has 1 fully saturated rings. The molecule has 0 spiro atoms. The lowest BCUT2D eigenvalue weighted by molar-refractivity contribution is -0.130. The minimum absolute atomic E-state index is 0.280.